The number of carbonyl (C=O) groups excluding carboxylic acids is 4. The summed E-state index contributed by atoms with van der Waals surface area (Å²) < 4.78 is 22.2. The zero-order valence-electron chi connectivity index (χ0n) is 25.8. The summed E-state index contributed by atoms with van der Waals surface area (Å²) in [5, 5.41) is 20.1. The van der Waals surface area contributed by atoms with Gasteiger partial charge in [-0.05, 0) is 54.5 Å². The number of aliphatic carboxylic acids is 1. The number of rotatable bonds is 8. The number of amides is 2. The standard InChI is InChI=1S/C34H30N2O11/c1-16-29(32(34(42)43)36-31(16)30(17(2)37)33(36)41)20-5-7-21(8-6-20)44-15-28(40)35-24-11-9-22(45-18(3)38)13-26(24)47-27-14-23(46-19(4)39)10-12-25(27)35/h5-14,16-17,30-31,37H,15H2,1-4H3,(H,42,43)/t16-,17+,30+,31?/m0/s1. The first-order chi connectivity index (χ1) is 22.3. The summed E-state index contributed by atoms with van der Waals surface area (Å²) in [5.74, 6) is -3.06. The number of hydrogen-bond donors (Lipinski definition) is 2. The molecule has 2 amide bonds. The SMILES string of the molecule is CC(=O)Oc1ccc2c(c1)Oc1cc(OC(C)=O)ccc1N2C(=O)COc1ccc(C2=C(C(=O)O)N3C(=O)[C@H]([C@@H](C)O)C3[C@H]2C)cc1. The van der Waals surface area contributed by atoms with Crippen molar-refractivity contribution in [1.29, 1.82) is 0 Å². The van der Waals surface area contributed by atoms with E-state index in [1.165, 1.54) is 54.8 Å². The molecule has 0 bridgehead atoms. The second-order valence-electron chi connectivity index (χ2n) is 11.4. The quantitative estimate of drug-likeness (QED) is 0.207. The first-order valence-corrected chi connectivity index (χ1v) is 14.7. The highest BCUT2D eigenvalue weighted by Crippen LogP contribution is 2.51. The normalized spacial score (nSPS) is 19.9. The summed E-state index contributed by atoms with van der Waals surface area (Å²) in [6.45, 7) is 5.46. The number of esters is 2. The second kappa shape index (κ2) is 11.9. The number of β-lactam (4-membered cyclic amide) rings is 1. The van der Waals surface area contributed by atoms with Gasteiger partial charge in [-0.1, -0.05) is 19.1 Å². The fraction of sp³-hybridized carbons (Fsp3) is 0.265. The van der Waals surface area contributed by atoms with Crippen molar-refractivity contribution >= 4 is 46.7 Å². The van der Waals surface area contributed by atoms with Gasteiger partial charge in [0.25, 0.3) is 5.91 Å². The third kappa shape index (κ3) is 5.54. The summed E-state index contributed by atoms with van der Waals surface area (Å²) in [6.07, 6.45) is -0.911. The van der Waals surface area contributed by atoms with Crippen LogP contribution in [0.25, 0.3) is 5.57 Å². The molecule has 3 aliphatic rings. The van der Waals surface area contributed by atoms with Gasteiger partial charge in [-0.3, -0.25) is 24.1 Å². The van der Waals surface area contributed by atoms with Crippen molar-refractivity contribution in [2.75, 3.05) is 11.5 Å². The van der Waals surface area contributed by atoms with Crippen LogP contribution in [0.2, 0.25) is 0 Å². The van der Waals surface area contributed by atoms with E-state index < -0.39 is 54.4 Å². The molecule has 0 radical (unpaired) electrons. The molecule has 3 aliphatic heterocycles. The molecule has 3 aromatic rings. The average molecular weight is 643 g/mol. The van der Waals surface area contributed by atoms with Gasteiger partial charge in [-0.25, -0.2) is 4.79 Å². The minimum atomic E-state index is -1.23. The maximum atomic E-state index is 13.7. The van der Waals surface area contributed by atoms with Gasteiger partial charge in [0.1, 0.15) is 22.9 Å². The van der Waals surface area contributed by atoms with Gasteiger partial charge in [0, 0.05) is 31.9 Å². The molecular formula is C34H30N2O11. The average Bonchev–Trinajstić information content (AvgIpc) is 3.26. The predicted molar refractivity (Wildman–Crippen MR) is 164 cm³/mol. The molecule has 0 aromatic heterocycles. The molecule has 4 atom stereocenters. The minimum Gasteiger partial charge on any atom is -0.484 e. The maximum Gasteiger partial charge on any atom is 0.352 e. The van der Waals surface area contributed by atoms with Gasteiger partial charge < -0.3 is 34.1 Å². The lowest BCUT2D eigenvalue weighted by molar-refractivity contribution is -0.163. The zero-order valence-corrected chi connectivity index (χ0v) is 25.8. The number of hydrogen-bond acceptors (Lipinski definition) is 10. The fourth-order valence-electron chi connectivity index (χ4n) is 6.39. The zero-order chi connectivity index (χ0) is 33.7. The molecule has 13 heteroatoms. The summed E-state index contributed by atoms with van der Waals surface area (Å²) >= 11 is 0. The van der Waals surface area contributed by atoms with E-state index >= 15 is 0 Å². The molecular weight excluding hydrogens is 612 g/mol. The van der Waals surface area contributed by atoms with Crippen LogP contribution in [0.1, 0.15) is 33.3 Å². The van der Waals surface area contributed by atoms with Crippen LogP contribution in [0.4, 0.5) is 11.4 Å². The van der Waals surface area contributed by atoms with Crippen LogP contribution in [0.5, 0.6) is 28.7 Å². The van der Waals surface area contributed by atoms with Crippen molar-refractivity contribution in [2.24, 2.45) is 11.8 Å². The van der Waals surface area contributed by atoms with Gasteiger partial charge in [0.05, 0.1) is 29.4 Å². The van der Waals surface area contributed by atoms with Crippen LogP contribution in [-0.4, -0.2) is 63.6 Å². The number of ether oxygens (including phenoxy) is 4. The highest BCUT2D eigenvalue weighted by molar-refractivity contribution is 6.07. The topological polar surface area (TPSA) is 169 Å². The van der Waals surface area contributed by atoms with Crippen LogP contribution >= 0.6 is 0 Å². The molecule has 1 saturated heterocycles. The monoisotopic (exact) mass is 642 g/mol. The number of carbonyl (C=O) groups is 5. The van der Waals surface area contributed by atoms with Gasteiger partial charge in [-0.15, -0.1) is 0 Å². The molecule has 0 aliphatic carbocycles. The van der Waals surface area contributed by atoms with Crippen molar-refractivity contribution in [2.45, 2.75) is 39.8 Å². The molecule has 47 heavy (non-hydrogen) atoms. The Morgan fingerprint density at radius 1 is 0.872 bits per heavy atom. The van der Waals surface area contributed by atoms with E-state index in [0.717, 1.165) is 0 Å². The predicted octanol–water partition coefficient (Wildman–Crippen LogP) is 4.04. The molecule has 2 N–H and O–H groups in total. The maximum absolute atomic E-state index is 13.7. The molecule has 3 aromatic carbocycles. The number of fused-ring (bicyclic) bond motifs is 3. The van der Waals surface area contributed by atoms with E-state index in [9.17, 15) is 34.2 Å². The van der Waals surface area contributed by atoms with Crippen LogP contribution in [0.15, 0.2) is 66.4 Å². The Morgan fingerprint density at radius 3 is 1.89 bits per heavy atom. The Labute approximate surface area is 268 Å². The van der Waals surface area contributed by atoms with E-state index in [0.29, 0.717) is 28.3 Å². The fourth-order valence-corrected chi connectivity index (χ4v) is 6.39. The second-order valence-corrected chi connectivity index (χ2v) is 11.4. The van der Waals surface area contributed by atoms with Gasteiger partial charge >= 0.3 is 17.9 Å². The number of carboxylic acid groups (broad SMARTS) is 1. The molecule has 3 heterocycles. The lowest BCUT2D eigenvalue weighted by Crippen LogP contribution is -2.63. The van der Waals surface area contributed by atoms with Crippen molar-refractivity contribution in [1.82, 2.24) is 4.90 Å². The minimum absolute atomic E-state index is 0.105. The van der Waals surface area contributed by atoms with Crippen LogP contribution in [-0.2, 0) is 24.0 Å². The van der Waals surface area contributed by atoms with Crippen molar-refractivity contribution < 1.29 is 53.1 Å². The van der Waals surface area contributed by atoms with Gasteiger partial charge in [-0.2, -0.15) is 0 Å². The van der Waals surface area contributed by atoms with E-state index in [-0.39, 0.29) is 34.6 Å². The van der Waals surface area contributed by atoms with Crippen molar-refractivity contribution in [3.63, 3.8) is 0 Å². The van der Waals surface area contributed by atoms with E-state index in [2.05, 4.69) is 0 Å². The highest BCUT2D eigenvalue weighted by atomic mass is 16.5. The first kappa shape index (κ1) is 31.3. The third-order valence-corrected chi connectivity index (χ3v) is 8.24. The van der Waals surface area contributed by atoms with E-state index in [1.807, 2.05) is 6.92 Å². The number of benzene rings is 3. The molecule has 1 unspecified atom stereocenters. The Balaban J connectivity index is 1.24. The molecule has 1 fully saturated rings. The van der Waals surface area contributed by atoms with Crippen LogP contribution < -0.4 is 23.8 Å². The lowest BCUT2D eigenvalue weighted by atomic mass is 9.77. The molecule has 0 saturated carbocycles. The molecule has 13 nitrogen and oxygen atoms in total. The lowest BCUT2D eigenvalue weighted by Gasteiger charge is -2.46. The Kier molecular flexibility index (Phi) is 7.93. The molecule has 6 rings (SSSR count). The van der Waals surface area contributed by atoms with Gasteiger partial charge in [0.15, 0.2) is 18.1 Å². The third-order valence-electron chi connectivity index (χ3n) is 8.24. The van der Waals surface area contributed by atoms with E-state index in [4.69, 9.17) is 18.9 Å². The van der Waals surface area contributed by atoms with Crippen molar-refractivity contribution in [3.8, 4) is 28.7 Å². The first-order valence-electron chi connectivity index (χ1n) is 14.7. The number of aliphatic hydroxyl groups is 1. The number of carboxylic acids is 1. The Bertz CT molecular complexity index is 1800. The molecule has 0 spiro atoms. The van der Waals surface area contributed by atoms with Gasteiger partial charge in [0.2, 0.25) is 5.91 Å². The number of anilines is 2. The van der Waals surface area contributed by atoms with Crippen molar-refractivity contribution in [3.05, 3.63) is 71.9 Å². The largest absolute Gasteiger partial charge is 0.484 e. The van der Waals surface area contributed by atoms with E-state index in [1.54, 1.807) is 36.4 Å². The molecule has 242 valence electrons. The van der Waals surface area contributed by atoms with Crippen LogP contribution in [0, 0.1) is 11.8 Å². The number of aliphatic hydroxyl groups excluding tert-OH is 1. The number of nitrogens with zero attached hydrogens (tertiary/aromatic N) is 2. The summed E-state index contributed by atoms with van der Waals surface area (Å²) in [4.78, 5) is 64.3. The van der Waals surface area contributed by atoms with Crippen LogP contribution in [0.3, 0.4) is 0 Å². The highest BCUT2D eigenvalue weighted by Gasteiger charge is 2.60. The Hall–Kier alpha value is -5.69. The summed E-state index contributed by atoms with van der Waals surface area (Å²) in [7, 11) is 0. The summed E-state index contributed by atoms with van der Waals surface area (Å²) in [6, 6.07) is 15.2. The summed E-state index contributed by atoms with van der Waals surface area (Å²) in [5.41, 5.74) is 1.66. The smallest absolute Gasteiger partial charge is 0.352 e. The Morgan fingerprint density at radius 2 is 1.40 bits per heavy atom.